The average molecular weight is 397 g/mol. The molecule has 0 spiro atoms. The molecule has 0 aromatic carbocycles. The van der Waals surface area contributed by atoms with Crippen molar-refractivity contribution in [3.05, 3.63) is 22.4 Å². The summed E-state index contributed by atoms with van der Waals surface area (Å²) in [5.41, 5.74) is 0.924. The lowest BCUT2D eigenvalue weighted by molar-refractivity contribution is -0.159. The third-order valence-corrected chi connectivity index (χ3v) is 5.05. The topological polar surface area (TPSA) is 99.2 Å². The number of nitrogens with zero attached hydrogens (tertiary/aromatic N) is 2. The van der Waals surface area contributed by atoms with Crippen LogP contribution in [0, 0.1) is 0 Å². The summed E-state index contributed by atoms with van der Waals surface area (Å²) in [7, 11) is 0. The highest BCUT2D eigenvalue weighted by Gasteiger charge is 2.39. The summed E-state index contributed by atoms with van der Waals surface area (Å²) in [6, 6.07) is 2.83. The SMILES string of the molecule is CC(C)(C)OC(=O)C1CCCN1C(=O)N(CCc1cccs1)CC(=O)NO. The molecule has 3 amide bonds. The number of hydroxylamine groups is 1. The van der Waals surface area contributed by atoms with Crippen molar-refractivity contribution in [3.8, 4) is 0 Å². The van der Waals surface area contributed by atoms with E-state index in [2.05, 4.69) is 0 Å². The molecule has 1 unspecified atom stereocenters. The molecule has 1 saturated heterocycles. The lowest BCUT2D eigenvalue weighted by Gasteiger charge is -2.31. The Morgan fingerprint density at radius 3 is 2.74 bits per heavy atom. The number of thiophene rings is 1. The predicted octanol–water partition coefficient (Wildman–Crippen LogP) is 2.02. The molecule has 1 fully saturated rings. The molecule has 0 aliphatic carbocycles. The minimum atomic E-state index is -0.678. The van der Waals surface area contributed by atoms with Crippen molar-refractivity contribution >= 4 is 29.2 Å². The Balaban J connectivity index is 2.09. The molecule has 27 heavy (non-hydrogen) atoms. The van der Waals surface area contributed by atoms with Gasteiger partial charge in [0.25, 0.3) is 5.91 Å². The number of esters is 1. The fraction of sp³-hybridized carbons (Fsp3) is 0.611. The Kier molecular flexibility index (Phi) is 7.20. The molecule has 1 aromatic heterocycles. The first kappa shape index (κ1) is 21.2. The number of urea groups is 1. The van der Waals surface area contributed by atoms with Crippen molar-refractivity contribution in [2.75, 3.05) is 19.6 Å². The molecule has 1 aliphatic heterocycles. The van der Waals surface area contributed by atoms with Crippen LogP contribution in [0.3, 0.4) is 0 Å². The molecule has 8 nitrogen and oxygen atoms in total. The number of carbonyl (C=O) groups is 3. The number of hydrogen-bond acceptors (Lipinski definition) is 6. The molecule has 2 rings (SSSR count). The van der Waals surface area contributed by atoms with Crippen LogP contribution < -0.4 is 5.48 Å². The molecule has 150 valence electrons. The monoisotopic (exact) mass is 397 g/mol. The van der Waals surface area contributed by atoms with Crippen molar-refractivity contribution < 1.29 is 24.3 Å². The van der Waals surface area contributed by atoms with E-state index in [1.165, 1.54) is 9.80 Å². The third kappa shape index (κ3) is 6.21. The summed E-state index contributed by atoms with van der Waals surface area (Å²) >= 11 is 1.57. The van der Waals surface area contributed by atoms with E-state index in [1.54, 1.807) is 37.6 Å². The lowest BCUT2D eigenvalue weighted by atomic mass is 10.1. The van der Waals surface area contributed by atoms with Gasteiger partial charge in [0, 0.05) is 18.0 Å². The van der Waals surface area contributed by atoms with Gasteiger partial charge in [-0.25, -0.2) is 15.1 Å². The van der Waals surface area contributed by atoms with Crippen LogP contribution in [0.25, 0.3) is 0 Å². The maximum absolute atomic E-state index is 13.0. The third-order valence-electron chi connectivity index (χ3n) is 4.12. The summed E-state index contributed by atoms with van der Waals surface area (Å²) in [6.07, 6.45) is 1.82. The van der Waals surface area contributed by atoms with Crippen molar-refractivity contribution in [3.63, 3.8) is 0 Å². The highest BCUT2D eigenvalue weighted by molar-refractivity contribution is 7.09. The van der Waals surface area contributed by atoms with Crippen LogP contribution in [0.2, 0.25) is 0 Å². The Labute approximate surface area is 163 Å². The Morgan fingerprint density at radius 2 is 2.15 bits per heavy atom. The largest absolute Gasteiger partial charge is 0.458 e. The standard InChI is InChI=1S/C18H27N3O5S/c1-18(2,3)26-16(23)14-7-4-9-21(14)17(24)20(12-15(22)19-25)10-8-13-6-5-11-27-13/h5-6,11,14,25H,4,7-10,12H2,1-3H3,(H,19,22). The molecular formula is C18H27N3O5S. The first-order chi connectivity index (χ1) is 12.7. The number of rotatable bonds is 6. The second-order valence-corrected chi connectivity index (χ2v) is 8.49. The van der Waals surface area contributed by atoms with Gasteiger partial charge >= 0.3 is 12.0 Å². The maximum atomic E-state index is 13.0. The second kappa shape index (κ2) is 9.18. The minimum Gasteiger partial charge on any atom is -0.458 e. The molecule has 1 aromatic rings. The highest BCUT2D eigenvalue weighted by Crippen LogP contribution is 2.23. The van der Waals surface area contributed by atoms with Crippen LogP contribution in [-0.2, 0) is 20.7 Å². The van der Waals surface area contributed by atoms with Gasteiger partial charge in [-0.05, 0) is 51.5 Å². The molecule has 1 aliphatic rings. The van der Waals surface area contributed by atoms with E-state index >= 15 is 0 Å². The first-order valence-electron chi connectivity index (χ1n) is 8.95. The van der Waals surface area contributed by atoms with Gasteiger partial charge in [-0.3, -0.25) is 10.0 Å². The van der Waals surface area contributed by atoms with Crippen LogP contribution in [0.5, 0.6) is 0 Å². The van der Waals surface area contributed by atoms with E-state index in [9.17, 15) is 14.4 Å². The van der Waals surface area contributed by atoms with Gasteiger partial charge in [-0.2, -0.15) is 0 Å². The van der Waals surface area contributed by atoms with Gasteiger partial charge < -0.3 is 14.5 Å². The molecule has 0 radical (unpaired) electrons. The number of nitrogens with one attached hydrogen (secondary N) is 1. The van der Waals surface area contributed by atoms with E-state index in [1.807, 2.05) is 17.5 Å². The zero-order chi connectivity index (χ0) is 20.0. The van der Waals surface area contributed by atoms with Crippen molar-refractivity contribution in [2.24, 2.45) is 0 Å². The van der Waals surface area contributed by atoms with E-state index in [0.29, 0.717) is 32.4 Å². The summed E-state index contributed by atoms with van der Waals surface area (Å²) < 4.78 is 5.43. The van der Waals surface area contributed by atoms with Crippen LogP contribution in [0.1, 0.15) is 38.5 Å². The average Bonchev–Trinajstić information content (AvgIpc) is 3.27. The van der Waals surface area contributed by atoms with E-state index in [-0.39, 0.29) is 6.54 Å². The molecule has 0 saturated carbocycles. The number of likely N-dealkylation sites (tertiary alicyclic amines) is 1. The summed E-state index contributed by atoms with van der Waals surface area (Å²) in [5.74, 6) is -1.11. The summed E-state index contributed by atoms with van der Waals surface area (Å²) in [6.45, 7) is 5.81. The number of carbonyl (C=O) groups excluding carboxylic acids is 3. The molecule has 2 N–H and O–H groups in total. The van der Waals surface area contributed by atoms with E-state index < -0.39 is 29.6 Å². The van der Waals surface area contributed by atoms with Crippen LogP contribution in [0.15, 0.2) is 17.5 Å². The fourth-order valence-electron chi connectivity index (χ4n) is 2.94. The van der Waals surface area contributed by atoms with Crippen molar-refractivity contribution in [1.29, 1.82) is 0 Å². The summed E-state index contributed by atoms with van der Waals surface area (Å²) in [5, 5.41) is 10.8. The van der Waals surface area contributed by atoms with Crippen LogP contribution in [0.4, 0.5) is 4.79 Å². The molecular weight excluding hydrogens is 370 g/mol. The highest BCUT2D eigenvalue weighted by atomic mass is 32.1. The van der Waals surface area contributed by atoms with Gasteiger partial charge in [0.2, 0.25) is 0 Å². The van der Waals surface area contributed by atoms with Crippen molar-refractivity contribution in [2.45, 2.75) is 51.7 Å². The van der Waals surface area contributed by atoms with Gasteiger partial charge in [-0.15, -0.1) is 11.3 Å². The zero-order valence-corrected chi connectivity index (χ0v) is 16.8. The van der Waals surface area contributed by atoms with Gasteiger partial charge in [0.05, 0.1) is 0 Å². The van der Waals surface area contributed by atoms with Gasteiger partial charge in [0.1, 0.15) is 18.2 Å². The smallest absolute Gasteiger partial charge is 0.329 e. The van der Waals surface area contributed by atoms with Gasteiger partial charge in [0.15, 0.2) is 0 Å². The number of ether oxygens (including phenoxy) is 1. The maximum Gasteiger partial charge on any atom is 0.329 e. The molecule has 1 atom stereocenters. The van der Waals surface area contributed by atoms with Crippen LogP contribution >= 0.6 is 11.3 Å². The number of hydrogen-bond donors (Lipinski definition) is 2. The quantitative estimate of drug-likeness (QED) is 0.435. The van der Waals surface area contributed by atoms with Crippen molar-refractivity contribution in [1.82, 2.24) is 15.3 Å². The van der Waals surface area contributed by atoms with Gasteiger partial charge in [-0.1, -0.05) is 6.07 Å². The minimum absolute atomic E-state index is 0.280. The normalized spacial score (nSPS) is 16.9. The second-order valence-electron chi connectivity index (χ2n) is 7.45. The first-order valence-corrected chi connectivity index (χ1v) is 9.83. The summed E-state index contributed by atoms with van der Waals surface area (Å²) in [4.78, 5) is 41.0. The Bertz CT molecular complexity index is 656. The lowest BCUT2D eigenvalue weighted by Crippen LogP contribution is -2.51. The Morgan fingerprint density at radius 1 is 1.41 bits per heavy atom. The number of amides is 3. The zero-order valence-electron chi connectivity index (χ0n) is 15.9. The van der Waals surface area contributed by atoms with Crippen LogP contribution in [-0.4, -0.2) is 64.2 Å². The molecule has 9 heteroatoms. The van der Waals surface area contributed by atoms with E-state index in [4.69, 9.17) is 9.94 Å². The Hall–Kier alpha value is -2.13. The molecule has 2 heterocycles. The predicted molar refractivity (Wildman–Crippen MR) is 100 cm³/mol. The molecule has 0 bridgehead atoms. The van der Waals surface area contributed by atoms with E-state index in [0.717, 1.165) is 4.88 Å². The fourth-order valence-corrected chi connectivity index (χ4v) is 3.64.